The van der Waals surface area contributed by atoms with E-state index in [0.717, 1.165) is 43.1 Å². The summed E-state index contributed by atoms with van der Waals surface area (Å²) in [6, 6.07) is 23.2. The zero-order valence-corrected chi connectivity index (χ0v) is 26.3. The standard InChI is InChI=1S/C33H40ClN3O5S/c1-42-31-16-9-8-15-29(31)37(43(2,40)41)22-10-17-32(38)36(24-26-18-20-27(34)21-19-26)30(23-25-11-4-3-5-12-25)33(39)35-28-13-6-7-14-28/h3-5,8-9,11-12,15-16,18-21,28,30H,6-7,10,13-14,17,22-24H2,1-2H3,(H,35,39). The van der Waals surface area contributed by atoms with E-state index in [2.05, 4.69) is 5.32 Å². The number of para-hydroxylation sites is 2. The molecule has 1 aliphatic rings. The minimum absolute atomic E-state index is 0.0523. The Bertz CT molecular complexity index is 1460. The van der Waals surface area contributed by atoms with Crippen LogP contribution in [0.1, 0.15) is 49.7 Å². The van der Waals surface area contributed by atoms with Gasteiger partial charge < -0.3 is 15.0 Å². The number of halogens is 1. The van der Waals surface area contributed by atoms with E-state index in [-0.39, 0.29) is 43.8 Å². The van der Waals surface area contributed by atoms with Crippen LogP contribution in [-0.2, 0) is 32.6 Å². The highest BCUT2D eigenvalue weighted by Gasteiger charge is 2.32. The van der Waals surface area contributed by atoms with Crippen LogP contribution in [-0.4, -0.2) is 57.1 Å². The average molecular weight is 626 g/mol. The molecule has 0 spiro atoms. The molecule has 0 aromatic heterocycles. The van der Waals surface area contributed by atoms with Gasteiger partial charge in [0.25, 0.3) is 0 Å². The first-order valence-electron chi connectivity index (χ1n) is 14.6. The number of benzene rings is 3. The Morgan fingerprint density at radius 3 is 2.26 bits per heavy atom. The van der Waals surface area contributed by atoms with Gasteiger partial charge in [0, 0.05) is 37.0 Å². The van der Waals surface area contributed by atoms with Crippen LogP contribution in [0.4, 0.5) is 5.69 Å². The molecule has 1 fully saturated rings. The fourth-order valence-electron chi connectivity index (χ4n) is 5.53. The van der Waals surface area contributed by atoms with Crippen LogP contribution in [0.3, 0.4) is 0 Å². The molecule has 1 aliphatic carbocycles. The fourth-order valence-corrected chi connectivity index (χ4v) is 6.62. The van der Waals surface area contributed by atoms with Crippen molar-refractivity contribution in [2.75, 3.05) is 24.2 Å². The number of nitrogens with one attached hydrogen (secondary N) is 1. The molecule has 43 heavy (non-hydrogen) atoms. The number of hydrogen-bond acceptors (Lipinski definition) is 5. The molecule has 4 rings (SSSR count). The van der Waals surface area contributed by atoms with E-state index < -0.39 is 16.1 Å². The molecule has 0 aliphatic heterocycles. The van der Waals surface area contributed by atoms with Gasteiger partial charge >= 0.3 is 0 Å². The molecule has 3 aromatic rings. The lowest BCUT2D eigenvalue weighted by Crippen LogP contribution is -2.52. The molecule has 8 nitrogen and oxygen atoms in total. The first kappa shape index (κ1) is 32.4. The Morgan fingerprint density at radius 2 is 1.60 bits per heavy atom. The predicted octanol–water partition coefficient (Wildman–Crippen LogP) is 5.59. The van der Waals surface area contributed by atoms with Crippen molar-refractivity contribution in [2.45, 2.75) is 63.6 Å². The first-order chi connectivity index (χ1) is 20.7. The number of nitrogens with zero attached hydrogens (tertiary/aromatic N) is 2. The quantitative estimate of drug-likeness (QED) is 0.252. The number of carbonyl (C=O) groups is 2. The van der Waals surface area contributed by atoms with Crippen LogP contribution in [0.5, 0.6) is 5.75 Å². The van der Waals surface area contributed by atoms with Gasteiger partial charge in [-0.05, 0) is 54.7 Å². The number of carbonyl (C=O) groups excluding carboxylic acids is 2. The molecule has 230 valence electrons. The highest BCUT2D eigenvalue weighted by molar-refractivity contribution is 7.92. The maximum absolute atomic E-state index is 14.0. The molecule has 0 heterocycles. The molecule has 0 saturated heterocycles. The highest BCUT2D eigenvalue weighted by atomic mass is 35.5. The van der Waals surface area contributed by atoms with Gasteiger partial charge in [0.15, 0.2) is 0 Å². The molecule has 0 radical (unpaired) electrons. The molecule has 10 heteroatoms. The number of methoxy groups -OCH3 is 1. The van der Waals surface area contributed by atoms with Crippen molar-refractivity contribution in [1.82, 2.24) is 10.2 Å². The van der Waals surface area contributed by atoms with Crippen molar-refractivity contribution in [3.63, 3.8) is 0 Å². The molecular formula is C33H40ClN3O5S. The second-order valence-electron chi connectivity index (χ2n) is 11.0. The van der Waals surface area contributed by atoms with Crippen molar-refractivity contribution < 1.29 is 22.7 Å². The lowest BCUT2D eigenvalue weighted by Gasteiger charge is -2.33. The monoisotopic (exact) mass is 625 g/mol. The number of sulfonamides is 1. The Hall–Kier alpha value is -3.56. The van der Waals surface area contributed by atoms with Gasteiger partial charge in [0.2, 0.25) is 21.8 Å². The van der Waals surface area contributed by atoms with E-state index in [9.17, 15) is 18.0 Å². The van der Waals surface area contributed by atoms with Gasteiger partial charge in [-0.25, -0.2) is 8.42 Å². The highest BCUT2D eigenvalue weighted by Crippen LogP contribution is 2.30. The van der Waals surface area contributed by atoms with Crippen LogP contribution >= 0.6 is 11.6 Å². The average Bonchev–Trinajstić information content (AvgIpc) is 3.51. The fraction of sp³-hybridized carbons (Fsp3) is 0.394. The zero-order valence-electron chi connectivity index (χ0n) is 24.7. The lowest BCUT2D eigenvalue weighted by atomic mass is 10.0. The minimum atomic E-state index is -3.65. The first-order valence-corrected chi connectivity index (χ1v) is 16.9. The largest absolute Gasteiger partial charge is 0.495 e. The molecular weight excluding hydrogens is 586 g/mol. The third-order valence-electron chi connectivity index (χ3n) is 7.74. The Kier molecular flexibility index (Phi) is 11.5. The van der Waals surface area contributed by atoms with E-state index in [1.54, 1.807) is 41.3 Å². The van der Waals surface area contributed by atoms with Crippen LogP contribution in [0.2, 0.25) is 5.02 Å². The second kappa shape index (κ2) is 15.3. The molecule has 1 atom stereocenters. The Balaban J connectivity index is 1.59. The van der Waals surface area contributed by atoms with Crippen LogP contribution in [0.25, 0.3) is 0 Å². The van der Waals surface area contributed by atoms with E-state index in [1.165, 1.54) is 11.4 Å². The van der Waals surface area contributed by atoms with Gasteiger partial charge in [0.1, 0.15) is 11.8 Å². The van der Waals surface area contributed by atoms with E-state index in [0.29, 0.717) is 22.9 Å². The summed E-state index contributed by atoms with van der Waals surface area (Å²) in [6.45, 7) is 0.297. The number of amides is 2. The summed E-state index contributed by atoms with van der Waals surface area (Å²) < 4.78 is 32.2. The maximum atomic E-state index is 14.0. The van der Waals surface area contributed by atoms with Crippen LogP contribution < -0.4 is 14.4 Å². The van der Waals surface area contributed by atoms with Crippen molar-refractivity contribution in [3.05, 3.63) is 95.0 Å². The van der Waals surface area contributed by atoms with Gasteiger partial charge in [-0.2, -0.15) is 0 Å². The van der Waals surface area contributed by atoms with Crippen molar-refractivity contribution >= 4 is 39.1 Å². The third-order valence-corrected chi connectivity index (χ3v) is 9.18. The Morgan fingerprint density at radius 1 is 0.953 bits per heavy atom. The number of hydrogen-bond donors (Lipinski definition) is 1. The summed E-state index contributed by atoms with van der Waals surface area (Å²) in [5.41, 5.74) is 2.20. The summed E-state index contributed by atoms with van der Waals surface area (Å²) in [5, 5.41) is 3.78. The van der Waals surface area contributed by atoms with Gasteiger partial charge in [-0.1, -0.05) is 79.0 Å². The minimum Gasteiger partial charge on any atom is -0.495 e. The second-order valence-corrected chi connectivity index (χ2v) is 13.3. The van der Waals surface area contributed by atoms with E-state index in [1.807, 2.05) is 42.5 Å². The van der Waals surface area contributed by atoms with Crippen molar-refractivity contribution in [3.8, 4) is 5.75 Å². The molecule has 1 unspecified atom stereocenters. The molecule has 1 N–H and O–H groups in total. The topological polar surface area (TPSA) is 96.0 Å². The van der Waals surface area contributed by atoms with Crippen molar-refractivity contribution in [2.24, 2.45) is 0 Å². The predicted molar refractivity (Wildman–Crippen MR) is 171 cm³/mol. The van der Waals surface area contributed by atoms with Crippen molar-refractivity contribution in [1.29, 1.82) is 0 Å². The lowest BCUT2D eigenvalue weighted by molar-refractivity contribution is -0.141. The smallest absolute Gasteiger partial charge is 0.243 e. The van der Waals surface area contributed by atoms with E-state index in [4.69, 9.17) is 16.3 Å². The van der Waals surface area contributed by atoms with Gasteiger partial charge in [-0.15, -0.1) is 0 Å². The summed E-state index contributed by atoms with van der Waals surface area (Å²) in [6.07, 6.45) is 5.81. The normalized spacial score (nSPS) is 14.2. The molecule has 0 bridgehead atoms. The summed E-state index contributed by atoms with van der Waals surface area (Å²) in [7, 11) is -2.17. The zero-order chi connectivity index (χ0) is 30.8. The van der Waals surface area contributed by atoms with Crippen LogP contribution in [0, 0.1) is 0 Å². The number of ether oxygens (including phenoxy) is 1. The van der Waals surface area contributed by atoms with Crippen LogP contribution in [0.15, 0.2) is 78.9 Å². The SMILES string of the molecule is COc1ccccc1N(CCCC(=O)N(Cc1ccc(Cl)cc1)C(Cc1ccccc1)C(=O)NC1CCCC1)S(C)(=O)=O. The summed E-state index contributed by atoms with van der Waals surface area (Å²) >= 11 is 6.13. The van der Waals surface area contributed by atoms with Gasteiger partial charge in [-0.3, -0.25) is 13.9 Å². The molecule has 1 saturated carbocycles. The third kappa shape index (κ3) is 9.21. The Labute approximate surface area is 260 Å². The van der Waals surface area contributed by atoms with E-state index >= 15 is 0 Å². The van der Waals surface area contributed by atoms with Gasteiger partial charge in [0.05, 0.1) is 19.1 Å². The summed E-state index contributed by atoms with van der Waals surface area (Å²) in [5.74, 6) is 0.0194. The summed E-state index contributed by atoms with van der Waals surface area (Å²) in [4.78, 5) is 29.5. The molecule has 3 aromatic carbocycles. The number of anilines is 1. The maximum Gasteiger partial charge on any atom is 0.243 e. The molecule has 2 amide bonds. The number of rotatable bonds is 14.